The molecule has 34 heavy (non-hydrogen) atoms. The zero-order valence-corrected chi connectivity index (χ0v) is 18.9. The van der Waals surface area contributed by atoms with Crippen LogP contribution in [0.2, 0.25) is 0 Å². The molecule has 3 heterocycles. The monoisotopic (exact) mass is 460 g/mol. The van der Waals surface area contributed by atoms with Crippen LogP contribution in [0.4, 0.5) is 25.8 Å². The minimum atomic E-state index is -0.649. The number of nitrogens with one attached hydrogen (secondary N) is 1. The van der Waals surface area contributed by atoms with Gasteiger partial charge >= 0.3 is 0 Å². The Morgan fingerprint density at radius 1 is 1.00 bits per heavy atom. The Morgan fingerprint density at radius 3 is 2.59 bits per heavy atom. The number of halogens is 2. The fraction of sp³-hybridized carbons (Fsp3) is 0.259. The van der Waals surface area contributed by atoms with Crippen LogP contribution in [-0.4, -0.2) is 34.8 Å². The first-order valence-electron chi connectivity index (χ1n) is 11.4. The Balaban J connectivity index is 1.54. The number of para-hydroxylation sites is 1. The Morgan fingerprint density at radius 2 is 1.79 bits per heavy atom. The second-order valence-electron chi connectivity index (χ2n) is 8.98. The molecule has 2 N–H and O–H groups in total. The average Bonchev–Trinajstić information content (AvgIpc) is 2.84. The van der Waals surface area contributed by atoms with E-state index >= 15 is 0 Å². The van der Waals surface area contributed by atoms with Crippen molar-refractivity contribution in [2.45, 2.75) is 13.3 Å². The summed E-state index contributed by atoms with van der Waals surface area (Å²) in [5.74, 6) is -0.611. The highest BCUT2D eigenvalue weighted by Gasteiger charge is 2.26. The molecule has 0 radical (unpaired) electrons. The van der Waals surface area contributed by atoms with Crippen LogP contribution >= 0.6 is 0 Å². The second kappa shape index (κ2) is 9.35. The SMILES string of the molecule is C[C@H]1C[C@@H](CO)CN(c2ccncc2Nc2cccc3ccc(-c4c(F)cccc4F)nc23)C1. The van der Waals surface area contributed by atoms with Crippen LogP contribution in [0.1, 0.15) is 13.3 Å². The standard InChI is InChI=1S/C27H26F2N4O/c1-17-12-18(16-34)15-33(14-17)25-10-11-30-13-24(25)31-23-7-2-4-19-8-9-22(32-27(19)23)26-20(28)5-3-6-21(26)29/h2-11,13,17-18,31,34H,12,14-16H2,1H3/t17-,18+/m0/s1. The number of piperidine rings is 1. The van der Waals surface area contributed by atoms with Gasteiger partial charge in [-0.2, -0.15) is 0 Å². The third kappa shape index (κ3) is 4.31. The van der Waals surface area contributed by atoms with Crippen molar-refractivity contribution in [3.8, 4) is 11.3 Å². The van der Waals surface area contributed by atoms with E-state index in [1.54, 1.807) is 18.5 Å². The number of nitrogens with zero attached hydrogens (tertiary/aromatic N) is 3. The van der Waals surface area contributed by atoms with Crippen LogP contribution in [0.25, 0.3) is 22.2 Å². The smallest absolute Gasteiger partial charge is 0.135 e. The Hall–Kier alpha value is -3.58. The number of aliphatic hydroxyl groups excluding tert-OH is 1. The van der Waals surface area contributed by atoms with Gasteiger partial charge in [-0.15, -0.1) is 0 Å². The van der Waals surface area contributed by atoms with Crippen molar-refractivity contribution in [1.29, 1.82) is 0 Å². The van der Waals surface area contributed by atoms with Crippen molar-refractivity contribution in [3.05, 3.63) is 78.6 Å². The molecule has 7 heteroatoms. The third-order valence-corrected chi connectivity index (χ3v) is 6.35. The summed E-state index contributed by atoms with van der Waals surface area (Å²) in [6, 6.07) is 14.9. The van der Waals surface area contributed by atoms with Gasteiger partial charge in [0.15, 0.2) is 0 Å². The molecule has 1 saturated heterocycles. The molecule has 1 aliphatic rings. The van der Waals surface area contributed by atoms with E-state index in [-0.39, 0.29) is 23.8 Å². The molecule has 1 fully saturated rings. The molecule has 174 valence electrons. The van der Waals surface area contributed by atoms with Gasteiger partial charge < -0.3 is 15.3 Å². The van der Waals surface area contributed by atoms with E-state index in [1.807, 2.05) is 30.3 Å². The molecule has 4 aromatic rings. The number of benzene rings is 2. The molecule has 2 atom stereocenters. The fourth-order valence-corrected chi connectivity index (χ4v) is 4.84. The first kappa shape index (κ1) is 22.2. The lowest BCUT2D eigenvalue weighted by Crippen LogP contribution is -2.41. The molecule has 2 aromatic carbocycles. The summed E-state index contributed by atoms with van der Waals surface area (Å²) >= 11 is 0. The topological polar surface area (TPSA) is 61.3 Å². The van der Waals surface area contributed by atoms with Gasteiger partial charge in [0.05, 0.1) is 40.0 Å². The molecule has 0 unspecified atom stereocenters. The van der Waals surface area contributed by atoms with Gasteiger partial charge in [0, 0.05) is 31.3 Å². The number of aromatic nitrogens is 2. The summed E-state index contributed by atoms with van der Waals surface area (Å²) in [5.41, 5.74) is 3.23. The van der Waals surface area contributed by atoms with Gasteiger partial charge in [-0.05, 0) is 48.6 Å². The van der Waals surface area contributed by atoms with Gasteiger partial charge in [0.25, 0.3) is 0 Å². The molecular formula is C27H26F2N4O. The summed E-state index contributed by atoms with van der Waals surface area (Å²) < 4.78 is 28.8. The van der Waals surface area contributed by atoms with Crippen LogP contribution in [0.3, 0.4) is 0 Å². The first-order valence-corrected chi connectivity index (χ1v) is 11.4. The lowest BCUT2D eigenvalue weighted by Gasteiger charge is -2.38. The van der Waals surface area contributed by atoms with Crippen LogP contribution in [0.5, 0.6) is 0 Å². The van der Waals surface area contributed by atoms with Gasteiger partial charge in [-0.1, -0.05) is 31.2 Å². The summed E-state index contributed by atoms with van der Waals surface area (Å²) in [6.07, 6.45) is 4.53. The van der Waals surface area contributed by atoms with E-state index in [0.29, 0.717) is 17.1 Å². The highest BCUT2D eigenvalue weighted by Crippen LogP contribution is 2.35. The quantitative estimate of drug-likeness (QED) is 0.396. The molecular weight excluding hydrogens is 434 g/mol. The van der Waals surface area contributed by atoms with Crippen LogP contribution in [-0.2, 0) is 0 Å². The zero-order valence-electron chi connectivity index (χ0n) is 18.9. The number of hydrogen-bond donors (Lipinski definition) is 2. The minimum Gasteiger partial charge on any atom is -0.396 e. The van der Waals surface area contributed by atoms with E-state index in [2.05, 4.69) is 27.1 Å². The van der Waals surface area contributed by atoms with Gasteiger partial charge in [0.1, 0.15) is 11.6 Å². The number of anilines is 3. The van der Waals surface area contributed by atoms with Crippen molar-refractivity contribution in [3.63, 3.8) is 0 Å². The summed E-state index contributed by atoms with van der Waals surface area (Å²) in [6.45, 7) is 4.02. The van der Waals surface area contributed by atoms with Gasteiger partial charge in [0.2, 0.25) is 0 Å². The van der Waals surface area contributed by atoms with E-state index in [1.165, 1.54) is 18.2 Å². The maximum Gasteiger partial charge on any atom is 0.135 e. The molecule has 0 amide bonds. The number of aliphatic hydroxyl groups is 1. The lowest BCUT2D eigenvalue weighted by molar-refractivity contribution is 0.189. The minimum absolute atomic E-state index is 0.140. The molecule has 1 aliphatic heterocycles. The van der Waals surface area contributed by atoms with Gasteiger partial charge in [-0.3, -0.25) is 4.98 Å². The second-order valence-corrected chi connectivity index (χ2v) is 8.98. The predicted octanol–water partition coefficient (Wildman–Crippen LogP) is 5.77. The van der Waals surface area contributed by atoms with Crippen LogP contribution in [0, 0.1) is 23.5 Å². The van der Waals surface area contributed by atoms with Crippen molar-refractivity contribution in [2.75, 3.05) is 29.9 Å². The molecule has 5 nitrogen and oxygen atoms in total. The maximum absolute atomic E-state index is 14.4. The largest absolute Gasteiger partial charge is 0.396 e. The maximum atomic E-state index is 14.4. The zero-order chi connectivity index (χ0) is 23.7. The Bertz CT molecular complexity index is 1310. The number of rotatable bonds is 5. The van der Waals surface area contributed by atoms with Gasteiger partial charge in [-0.25, -0.2) is 13.8 Å². The van der Waals surface area contributed by atoms with Crippen LogP contribution < -0.4 is 10.2 Å². The molecule has 0 spiro atoms. The summed E-state index contributed by atoms with van der Waals surface area (Å²) in [7, 11) is 0. The molecule has 2 aromatic heterocycles. The fourth-order valence-electron chi connectivity index (χ4n) is 4.84. The predicted molar refractivity (Wildman–Crippen MR) is 131 cm³/mol. The molecule has 0 saturated carbocycles. The molecule has 5 rings (SSSR count). The summed E-state index contributed by atoms with van der Waals surface area (Å²) in [4.78, 5) is 11.2. The Labute approximate surface area is 197 Å². The van der Waals surface area contributed by atoms with E-state index < -0.39 is 11.6 Å². The number of pyridine rings is 2. The normalized spacial score (nSPS) is 18.3. The van der Waals surface area contributed by atoms with E-state index in [0.717, 1.165) is 36.3 Å². The third-order valence-electron chi connectivity index (χ3n) is 6.35. The van der Waals surface area contributed by atoms with Crippen molar-refractivity contribution >= 4 is 28.0 Å². The highest BCUT2D eigenvalue weighted by atomic mass is 19.1. The lowest BCUT2D eigenvalue weighted by atomic mass is 9.90. The van der Waals surface area contributed by atoms with E-state index in [4.69, 9.17) is 0 Å². The van der Waals surface area contributed by atoms with Crippen molar-refractivity contribution in [2.24, 2.45) is 11.8 Å². The number of hydrogen-bond acceptors (Lipinski definition) is 5. The van der Waals surface area contributed by atoms with E-state index in [9.17, 15) is 13.9 Å². The summed E-state index contributed by atoms with van der Waals surface area (Å²) in [5, 5.41) is 14.0. The Kier molecular flexibility index (Phi) is 6.11. The first-order chi connectivity index (χ1) is 16.5. The average molecular weight is 461 g/mol. The van der Waals surface area contributed by atoms with Crippen LogP contribution in [0.15, 0.2) is 67.0 Å². The van der Waals surface area contributed by atoms with Crippen molar-refractivity contribution < 1.29 is 13.9 Å². The molecule has 0 bridgehead atoms. The number of fused-ring (bicyclic) bond motifs is 1. The molecule has 0 aliphatic carbocycles. The highest BCUT2D eigenvalue weighted by molar-refractivity contribution is 5.94. The van der Waals surface area contributed by atoms with Crippen molar-refractivity contribution in [1.82, 2.24) is 9.97 Å².